The summed E-state index contributed by atoms with van der Waals surface area (Å²) >= 11 is 0. The second-order valence-corrected chi connectivity index (χ2v) is 17.9. The summed E-state index contributed by atoms with van der Waals surface area (Å²) in [5, 5.41) is 2.35. The summed E-state index contributed by atoms with van der Waals surface area (Å²) in [7, 11) is 0. The average molecular weight is 700 g/mol. The molecule has 7 aliphatic carbocycles. The van der Waals surface area contributed by atoms with Gasteiger partial charge in [-0.15, -0.1) is 0 Å². The first-order chi connectivity index (χ1) is 26.7. The predicted molar refractivity (Wildman–Crippen MR) is 221 cm³/mol. The number of anilines is 3. The number of hydrogen-bond acceptors (Lipinski definition) is 2. The van der Waals surface area contributed by atoms with Gasteiger partial charge in [-0.3, -0.25) is 0 Å². The zero-order chi connectivity index (χ0) is 35.2. The third kappa shape index (κ3) is 3.73. The smallest absolute Gasteiger partial charge is 0.135 e. The van der Waals surface area contributed by atoms with E-state index in [9.17, 15) is 0 Å². The van der Waals surface area contributed by atoms with Crippen LogP contribution in [0.4, 0.5) is 17.1 Å². The van der Waals surface area contributed by atoms with Crippen molar-refractivity contribution >= 4 is 39.0 Å². The lowest BCUT2D eigenvalue weighted by Crippen LogP contribution is -2.55. The highest BCUT2D eigenvalue weighted by Crippen LogP contribution is 2.71. The number of rotatable bonds is 3. The molecule has 14 rings (SSSR count). The quantitative estimate of drug-likeness (QED) is 0.183. The van der Waals surface area contributed by atoms with Crippen molar-refractivity contribution in [2.24, 2.45) is 23.7 Å². The highest BCUT2D eigenvalue weighted by molar-refractivity contribution is 6.08. The van der Waals surface area contributed by atoms with Gasteiger partial charge in [0.25, 0.3) is 0 Å². The fourth-order valence-electron chi connectivity index (χ4n) is 14.0. The molecule has 2 heteroatoms. The van der Waals surface area contributed by atoms with E-state index in [4.69, 9.17) is 4.42 Å². The summed E-state index contributed by atoms with van der Waals surface area (Å²) in [5.41, 5.74) is 18.0. The first kappa shape index (κ1) is 30.3. The molecule has 5 fully saturated rings. The molecule has 1 heterocycles. The van der Waals surface area contributed by atoms with Crippen LogP contribution >= 0.6 is 0 Å². The molecule has 0 unspecified atom stereocenters. The Bertz CT molecular complexity index is 2660. The topological polar surface area (TPSA) is 16.4 Å². The number of para-hydroxylation sites is 1. The zero-order valence-electron chi connectivity index (χ0n) is 30.9. The molecule has 0 atom stereocenters. The fraction of sp³-hybridized carbons (Fsp3) is 0.308. The molecule has 1 aromatic heterocycles. The van der Waals surface area contributed by atoms with Gasteiger partial charge in [-0.05, 0) is 138 Å². The number of nitrogens with zero attached hydrogens (tertiary/aromatic N) is 1. The Labute approximate surface area is 317 Å². The van der Waals surface area contributed by atoms with E-state index in [0.29, 0.717) is 0 Å². The monoisotopic (exact) mass is 699 g/mol. The molecule has 0 aliphatic heterocycles. The Hall–Kier alpha value is -5.08. The molecule has 0 saturated heterocycles. The molecule has 7 aromatic rings. The van der Waals surface area contributed by atoms with Gasteiger partial charge in [0.05, 0.1) is 11.4 Å². The first-order valence-corrected chi connectivity index (χ1v) is 20.9. The van der Waals surface area contributed by atoms with Crippen molar-refractivity contribution in [1.29, 1.82) is 0 Å². The van der Waals surface area contributed by atoms with E-state index < -0.39 is 0 Å². The molecule has 2 nitrogen and oxygen atoms in total. The van der Waals surface area contributed by atoms with Gasteiger partial charge in [0, 0.05) is 38.4 Å². The first-order valence-electron chi connectivity index (χ1n) is 20.9. The van der Waals surface area contributed by atoms with Crippen molar-refractivity contribution in [1.82, 2.24) is 0 Å². The van der Waals surface area contributed by atoms with E-state index in [1.54, 1.807) is 16.7 Å². The van der Waals surface area contributed by atoms with E-state index >= 15 is 0 Å². The second-order valence-electron chi connectivity index (χ2n) is 17.9. The third-order valence-electron chi connectivity index (χ3n) is 15.6. The van der Waals surface area contributed by atoms with Crippen molar-refractivity contribution in [3.63, 3.8) is 0 Å². The van der Waals surface area contributed by atoms with Crippen LogP contribution in [0.15, 0.2) is 132 Å². The number of fused-ring (bicyclic) bond motifs is 11. The SMILES string of the molecule is c1ccc2c(c1)-c1c(N(c3ccc4oc5ccccc5c4c3)c3cccc4c3-c3ccccc3C43C4CC5CC(C4)CC3C5)cccc1C21CCCCC1. The molecule has 0 amide bonds. The minimum Gasteiger partial charge on any atom is -0.456 e. The van der Waals surface area contributed by atoms with E-state index in [2.05, 4.69) is 132 Å². The van der Waals surface area contributed by atoms with Crippen molar-refractivity contribution < 1.29 is 4.42 Å². The average Bonchev–Trinajstić information content (AvgIpc) is 3.83. The van der Waals surface area contributed by atoms with Gasteiger partial charge >= 0.3 is 0 Å². The van der Waals surface area contributed by atoms with Crippen LogP contribution in [-0.4, -0.2) is 0 Å². The summed E-state index contributed by atoms with van der Waals surface area (Å²) in [4.78, 5) is 2.67. The third-order valence-corrected chi connectivity index (χ3v) is 15.6. The standard InChI is InChI=1S/C52H45NO/c1-8-24-51(25-9-1)41-15-5-2-13-38(41)49-43(51)17-10-19-45(49)53(36-22-23-48-40(31-36)37-12-4-7-21-47(37)54-48)46-20-11-18-44-50(46)39-14-3-6-16-42(39)52(44)34-27-32-26-33(29-34)30-35(52)28-32/h2-7,10-23,31-35H,1,8-9,24-30H2. The highest BCUT2D eigenvalue weighted by Gasteiger charge is 2.62. The van der Waals surface area contributed by atoms with Gasteiger partial charge in [-0.2, -0.15) is 0 Å². The molecule has 7 aliphatic rings. The Morgan fingerprint density at radius 3 is 1.83 bits per heavy atom. The lowest BCUT2D eigenvalue weighted by molar-refractivity contribution is -0.0399. The zero-order valence-corrected chi connectivity index (χ0v) is 30.9. The van der Waals surface area contributed by atoms with Crippen LogP contribution < -0.4 is 4.90 Å². The Balaban J connectivity index is 1.11. The minimum atomic E-state index is 0.0895. The van der Waals surface area contributed by atoms with Crippen LogP contribution in [0.3, 0.4) is 0 Å². The van der Waals surface area contributed by atoms with Crippen LogP contribution in [0.1, 0.15) is 86.5 Å². The maximum absolute atomic E-state index is 6.43. The minimum absolute atomic E-state index is 0.0895. The van der Waals surface area contributed by atoms with Crippen molar-refractivity contribution in [3.8, 4) is 22.3 Å². The maximum Gasteiger partial charge on any atom is 0.135 e. The van der Waals surface area contributed by atoms with E-state index in [-0.39, 0.29) is 10.8 Å². The van der Waals surface area contributed by atoms with E-state index in [1.165, 1.54) is 120 Å². The van der Waals surface area contributed by atoms with E-state index in [1.807, 2.05) is 0 Å². The summed E-state index contributed by atoms with van der Waals surface area (Å²) in [5.74, 6) is 3.30. The molecule has 264 valence electrons. The van der Waals surface area contributed by atoms with Crippen molar-refractivity contribution in [3.05, 3.63) is 150 Å². The summed E-state index contributed by atoms with van der Waals surface area (Å²) in [6.45, 7) is 0. The van der Waals surface area contributed by atoms with Gasteiger partial charge in [0.1, 0.15) is 11.2 Å². The molecule has 54 heavy (non-hydrogen) atoms. The summed E-state index contributed by atoms with van der Waals surface area (Å²) in [6, 6.07) is 49.2. The largest absolute Gasteiger partial charge is 0.456 e. The molecular formula is C52H45NO. The Morgan fingerprint density at radius 1 is 0.481 bits per heavy atom. The van der Waals surface area contributed by atoms with Gasteiger partial charge in [-0.1, -0.05) is 110 Å². The molecule has 6 aromatic carbocycles. The number of benzene rings is 6. The molecule has 0 radical (unpaired) electrons. The van der Waals surface area contributed by atoms with Crippen LogP contribution in [0.5, 0.6) is 0 Å². The van der Waals surface area contributed by atoms with Crippen LogP contribution in [0.2, 0.25) is 0 Å². The van der Waals surface area contributed by atoms with Gasteiger partial charge < -0.3 is 9.32 Å². The summed E-state index contributed by atoms with van der Waals surface area (Å²) < 4.78 is 6.43. The van der Waals surface area contributed by atoms with Crippen LogP contribution in [-0.2, 0) is 10.8 Å². The van der Waals surface area contributed by atoms with Gasteiger partial charge in [0.2, 0.25) is 0 Å². The van der Waals surface area contributed by atoms with Crippen molar-refractivity contribution in [2.45, 2.75) is 75.0 Å². The van der Waals surface area contributed by atoms with E-state index in [0.717, 1.165) is 34.8 Å². The Kier molecular flexibility index (Phi) is 6.04. The molecule has 5 saturated carbocycles. The van der Waals surface area contributed by atoms with Crippen LogP contribution in [0, 0.1) is 23.7 Å². The Morgan fingerprint density at radius 2 is 1.07 bits per heavy atom. The summed E-state index contributed by atoms with van der Waals surface area (Å²) in [6.07, 6.45) is 13.4. The van der Waals surface area contributed by atoms with Crippen LogP contribution in [0.25, 0.3) is 44.2 Å². The molecule has 2 spiro atoms. The second kappa shape index (κ2) is 10.8. The molecule has 4 bridgehead atoms. The lowest BCUT2D eigenvalue weighted by atomic mass is 9.43. The molecular weight excluding hydrogens is 655 g/mol. The maximum atomic E-state index is 6.43. The predicted octanol–water partition coefficient (Wildman–Crippen LogP) is 14.0. The number of hydrogen-bond donors (Lipinski definition) is 0. The highest BCUT2D eigenvalue weighted by atomic mass is 16.3. The lowest BCUT2D eigenvalue weighted by Gasteiger charge is -2.61. The van der Waals surface area contributed by atoms with Crippen molar-refractivity contribution in [2.75, 3.05) is 4.90 Å². The van der Waals surface area contributed by atoms with Gasteiger partial charge in [0.15, 0.2) is 0 Å². The molecule has 0 N–H and O–H groups in total. The number of furan rings is 1. The fourth-order valence-corrected chi connectivity index (χ4v) is 14.0. The van der Waals surface area contributed by atoms with Gasteiger partial charge in [-0.25, -0.2) is 0 Å². The normalized spacial score (nSPS) is 26.4.